The van der Waals surface area contributed by atoms with Gasteiger partial charge in [0.25, 0.3) is 0 Å². The first-order valence-electron chi connectivity index (χ1n) is 5.65. The Labute approximate surface area is 95.9 Å². The van der Waals surface area contributed by atoms with Crippen molar-refractivity contribution in [1.82, 2.24) is 4.57 Å². The normalized spacial score (nSPS) is 11.0. The Bertz CT molecular complexity index is 564. The minimum absolute atomic E-state index is 0.149. The number of carbonyl (C=O) groups is 1. The minimum atomic E-state index is 0.149. The standard InChI is InChI=1S/C14H17NO/c1-5-11-7-6-8-12-13(10(3)16)9(2)15(4)14(11)12/h6-8H,5H2,1-4H3. The molecular weight excluding hydrogens is 198 g/mol. The summed E-state index contributed by atoms with van der Waals surface area (Å²) in [5.41, 5.74) is 4.43. The van der Waals surface area contributed by atoms with Gasteiger partial charge in [-0.2, -0.15) is 0 Å². The molecule has 0 atom stereocenters. The van der Waals surface area contributed by atoms with Gasteiger partial charge >= 0.3 is 0 Å². The molecule has 1 aromatic carbocycles. The van der Waals surface area contributed by atoms with E-state index in [2.05, 4.69) is 17.6 Å². The molecule has 0 fully saturated rings. The molecule has 0 aliphatic heterocycles. The van der Waals surface area contributed by atoms with E-state index in [1.54, 1.807) is 6.92 Å². The summed E-state index contributed by atoms with van der Waals surface area (Å²) in [6.45, 7) is 5.79. The van der Waals surface area contributed by atoms with Crippen molar-refractivity contribution in [2.45, 2.75) is 27.2 Å². The number of hydrogen-bond donors (Lipinski definition) is 0. The number of benzene rings is 1. The largest absolute Gasteiger partial charge is 0.347 e. The molecule has 0 spiro atoms. The van der Waals surface area contributed by atoms with Gasteiger partial charge in [-0.05, 0) is 25.8 Å². The van der Waals surface area contributed by atoms with E-state index in [0.717, 1.165) is 23.1 Å². The van der Waals surface area contributed by atoms with Crippen LogP contribution in [0, 0.1) is 6.92 Å². The van der Waals surface area contributed by atoms with E-state index in [-0.39, 0.29) is 5.78 Å². The second-order valence-corrected chi connectivity index (χ2v) is 4.24. The van der Waals surface area contributed by atoms with Gasteiger partial charge in [0.15, 0.2) is 5.78 Å². The summed E-state index contributed by atoms with van der Waals surface area (Å²) in [6.07, 6.45) is 0.992. The number of nitrogens with zero attached hydrogens (tertiary/aromatic N) is 1. The van der Waals surface area contributed by atoms with Gasteiger partial charge in [0, 0.05) is 23.7 Å². The fraction of sp³-hybridized carbons (Fsp3) is 0.357. The van der Waals surface area contributed by atoms with Crippen LogP contribution < -0.4 is 0 Å². The highest BCUT2D eigenvalue weighted by atomic mass is 16.1. The van der Waals surface area contributed by atoms with Crippen LogP contribution in [0.1, 0.15) is 35.5 Å². The Hall–Kier alpha value is -1.57. The average Bonchev–Trinajstić information content (AvgIpc) is 2.51. The third-order valence-corrected chi connectivity index (χ3v) is 3.32. The van der Waals surface area contributed by atoms with Crippen LogP contribution in [-0.4, -0.2) is 10.4 Å². The number of Topliss-reactive ketones (excluding diaryl/α,β-unsaturated/α-hetero) is 1. The van der Waals surface area contributed by atoms with Gasteiger partial charge in [0.05, 0.1) is 5.52 Å². The van der Waals surface area contributed by atoms with Gasteiger partial charge in [-0.25, -0.2) is 0 Å². The van der Waals surface area contributed by atoms with E-state index in [1.807, 2.05) is 26.1 Å². The Morgan fingerprint density at radius 3 is 2.62 bits per heavy atom. The molecule has 84 valence electrons. The molecule has 0 bridgehead atoms. The van der Waals surface area contributed by atoms with Gasteiger partial charge in [-0.15, -0.1) is 0 Å². The summed E-state index contributed by atoms with van der Waals surface area (Å²) in [7, 11) is 2.03. The molecule has 16 heavy (non-hydrogen) atoms. The van der Waals surface area contributed by atoms with E-state index in [9.17, 15) is 4.79 Å². The molecule has 1 aromatic heterocycles. The number of aryl methyl sites for hydroxylation is 2. The number of rotatable bonds is 2. The van der Waals surface area contributed by atoms with Crippen LogP contribution in [0.4, 0.5) is 0 Å². The molecule has 0 saturated heterocycles. The number of hydrogen-bond acceptors (Lipinski definition) is 1. The van der Waals surface area contributed by atoms with Crippen LogP contribution >= 0.6 is 0 Å². The molecule has 2 heteroatoms. The predicted molar refractivity (Wildman–Crippen MR) is 67.0 cm³/mol. The quantitative estimate of drug-likeness (QED) is 0.705. The Morgan fingerprint density at radius 2 is 2.06 bits per heavy atom. The van der Waals surface area contributed by atoms with Gasteiger partial charge in [-0.3, -0.25) is 4.79 Å². The fourth-order valence-electron chi connectivity index (χ4n) is 2.45. The van der Waals surface area contributed by atoms with Crippen molar-refractivity contribution in [2.75, 3.05) is 0 Å². The van der Waals surface area contributed by atoms with E-state index < -0.39 is 0 Å². The van der Waals surface area contributed by atoms with Crippen LogP contribution in [0.15, 0.2) is 18.2 Å². The number of carbonyl (C=O) groups excluding carboxylic acids is 1. The smallest absolute Gasteiger partial charge is 0.162 e. The lowest BCUT2D eigenvalue weighted by Crippen LogP contribution is -1.97. The van der Waals surface area contributed by atoms with Crippen molar-refractivity contribution in [1.29, 1.82) is 0 Å². The lowest BCUT2D eigenvalue weighted by atomic mass is 10.0. The maximum Gasteiger partial charge on any atom is 0.162 e. The molecule has 2 rings (SSSR count). The van der Waals surface area contributed by atoms with Crippen molar-refractivity contribution in [3.63, 3.8) is 0 Å². The summed E-state index contributed by atoms with van der Waals surface area (Å²) in [4.78, 5) is 11.7. The summed E-state index contributed by atoms with van der Waals surface area (Å²) in [6, 6.07) is 6.21. The molecule has 0 amide bonds. The first-order chi connectivity index (χ1) is 7.57. The van der Waals surface area contributed by atoms with Crippen molar-refractivity contribution in [3.8, 4) is 0 Å². The fourth-order valence-corrected chi connectivity index (χ4v) is 2.45. The molecule has 0 radical (unpaired) electrons. The van der Waals surface area contributed by atoms with Crippen LogP contribution in [-0.2, 0) is 13.5 Å². The van der Waals surface area contributed by atoms with E-state index in [0.29, 0.717) is 0 Å². The first kappa shape index (κ1) is 10.9. The molecule has 1 heterocycles. The zero-order valence-corrected chi connectivity index (χ0v) is 10.3. The van der Waals surface area contributed by atoms with Crippen molar-refractivity contribution >= 4 is 16.7 Å². The zero-order chi connectivity index (χ0) is 11.9. The van der Waals surface area contributed by atoms with E-state index >= 15 is 0 Å². The zero-order valence-electron chi connectivity index (χ0n) is 10.3. The third-order valence-electron chi connectivity index (χ3n) is 3.32. The van der Waals surface area contributed by atoms with Crippen molar-refractivity contribution < 1.29 is 4.79 Å². The second-order valence-electron chi connectivity index (χ2n) is 4.24. The van der Waals surface area contributed by atoms with Crippen LogP contribution in [0.25, 0.3) is 10.9 Å². The molecular formula is C14H17NO. The number of aromatic nitrogens is 1. The highest BCUT2D eigenvalue weighted by Crippen LogP contribution is 2.28. The maximum atomic E-state index is 11.7. The molecule has 0 N–H and O–H groups in total. The van der Waals surface area contributed by atoms with Crippen molar-refractivity contribution in [2.24, 2.45) is 7.05 Å². The summed E-state index contributed by atoms with van der Waals surface area (Å²) in [5.74, 6) is 0.149. The Kier molecular flexibility index (Phi) is 2.58. The summed E-state index contributed by atoms with van der Waals surface area (Å²) in [5, 5.41) is 1.09. The predicted octanol–water partition coefficient (Wildman–Crippen LogP) is 3.25. The molecule has 0 aliphatic carbocycles. The Morgan fingerprint density at radius 1 is 1.38 bits per heavy atom. The van der Waals surface area contributed by atoms with Crippen LogP contribution in [0.3, 0.4) is 0 Å². The summed E-state index contributed by atoms with van der Waals surface area (Å²) < 4.78 is 2.13. The van der Waals surface area contributed by atoms with Gasteiger partial charge in [0.2, 0.25) is 0 Å². The van der Waals surface area contributed by atoms with Crippen LogP contribution in [0.2, 0.25) is 0 Å². The lowest BCUT2D eigenvalue weighted by molar-refractivity contribution is 0.101. The monoisotopic (exact) mass is 215 g/mol. The van der Waals surface area contributed by atoms with E-state index in [1.165, 1.54) is 11.1 Å². The SMILES string of the molecule is CCc1cccc2c(C(C)=O)c(C)n(C)c12. The summed E-state index contributed by atoms with van der Waals surface area (Å²) >= 11 is 0. The molecule has 0 aliphatic rings. The van der Waals surface area contributed by atoms with Gasteiger partial charge in [0.1, 0.15) is 0 Å². The lowest BCUT2D eigenvalue weighted by Gasteiger charge is -2.03. The molecule has 0 unspecified atom stereocenters. The van der Waals surface area contributed by atoms with Crippen LogP contribution in [0.5, 0.6) is 0 Å². The molecule has 2 nitrogen and oxygen atoms in total. The third kappa shape index (κ3) is 1.37. The number of para-hydroxylation sites is 1. The highest BCUT2D eigenvalue weighted by molar-refractivity contribution is 6.09. The number of ketones is 1. The first-order valence-corrected chi connectivity index (χ1v) is 5.65. The van der Waals surface area contributed by atoms with E-state index in [4.69, 9.17) is 0 Å². The average molecular weight is 215 g/mol. The Balaban J connectivity index is 2.95. The van der Waals surface area contributed by atoms with Gasteiger partial charge < -0.3 is 4.57 Å². The second kappa shape index (κ2) is 3.78. The highest BCUT2D eigenvalue weighted by Gasteiger charge is 2.16. The molecule has 0 saturated carbocycles. The van der Waals surface area contributed by atoms with Gasteiger partial charge in [-0.1, -0.05) is 25.1 Å². The minimum Gasteiger partial charge on any atom is -0.347 e. The van der Waals surface area contributed by atoms with Crippen molar-refractivity contribution in [3.05, 3.63) is 35.0 Å². The number of fused-ring (bicyclic) bond motifs is 1. The molecule has 2 aromatic rings. The topological polar surface area (TPSA) is 22.0 Å². The maximum absolute atomic E-state index is 11.7.